The molecule has 0 N–H and O–H groups in total. The van der Waals surface area contributed by atoms with E-state index in [4.69, 9.17) is 4.98 Å². The number of thiazole rings is 1. The molecule has 8 heteroatoms. The Labute approximate surface area is 181 Å². The van der Waals surface area contributed by atoms with Gasteiger partial charge in [0.1, 0.15) is 0 Å². The number of nitrogens with zero attached hydrogens (tertiary/aromatic N) is 5. The zero-order valence-electron chi connectivity index (χ0n) is 16.5. The van der Waals surface area contributed by atoms with Crippen molar-refractivity contribution in [1.82, 2.24) is 24.1 Å². The molecule has 3 heterocycles. The summed E-state index contributed by atoms with van der Waals surface area (Å²) in [6.45, 7) is 4.30. The van der Waals surface area contributed by atoms with Crippen LogP contribution in [0.25, 0.3) is 22.4 Å². The van der Waals surface area contributed by atoms with Gasteiger partial charge in [-0.2, -0.15) is 0 Å². The Bertz CT molecular complexity index is 1400. The SMILES string of the molecule is CC(C)c1nc(CSc2nnc3n(-c4ccccc4)c(=O)c4ccccc4n23)cs1. The Morgan fingerprint density at radius 3 is 2.57 bits per heavy atom. The molecule has 5 aromatic rings. The van der Waals surface area contributed by atoms with Gasteiger partial charge in [0.15, 0.2) is 5.16 Å². The monoisotopic (exact) mass is 433 g/mol. The van der Waals surface area contributed by atoms with E-state index in [1.165, 1.54) is 0 Å². The predicted molar refractivity (Wildman–Crippen MR) is 122 cm³/mol. The standard InChI is InChI=1S/C22H19N5OS2/c1-14(2)19-23-15(12-29-19)13-30-22-25-24-21-26(16-8-4-3-5-9-16)20(28)17-10-6-7-11-18(17)27(21)22/h3-12,14H,13H2,1-2H3. The van der Waals surface area contributed by atoms with Crippen molar-refractivity contribution in [3.63, 3.8) is 0 Å². The first-order valence-electron chi connectivity index (χ1n) is 9.65. The average Bonchev–Trinajstić information content (AvgIpc) is 3.41. The van der Waals surface area contributed by atoms with E-state index in [1.807, 2.05) is 59.0 Å². The Morgan fingerprint density at radius 1 is 1.03 bits per heavy atom. The minimum Gasteiger partial charge on any atom is -0.268 e. The van der Waals surface area contributed by atoms with Crippen LogP contribution in [0.1, 0.15) is 30.5 Å². The molecule has 0 saturated carbocycles. The van der Waals surface area contributed by atoms with E-state index < -0.39 is 0 Å². The van der Waals surface area contributed by atoms with Gasteiger partial charge in [-0.15, -0.1) is 21.5 Å². The summed E-state index contributed by atoms with van der Waals surface area (Å²) in [5.74, 6) is 1.63. The van der Waals surface area contributed by atoms with Gasteiger partial charge in [-0.3, -0.25) is 9.20 Å². The highest BCUT2D eigenvalue weighted by Crippen LogP contribution is 2.27. The molecule has 0 bridgehead atoms. The van der Waals surface area contributed by atoms with Gasteiger partial charge in [0.2, 0.25) is 5.78 Å². The van der Waals surface area contributed by atoms with Gasteiger partial charge in [-0.1, -0.05) is 55.9 Å². The van der Waals surface area contributed by atoms with E-state index in [0.29, 0.717) is 22.8 Å². The Hall–Kier alpha value is -2.97. The number of rotatable bonds is 5. The van der Waals surface area contributed by atoms with Crippen molar-refractivity contribution in [2.45, 2.75) is 30.7 Å². The first-order valence-corrected chi connectivity index (χ1v) is 11.5. The number of fused-ring (bicyclic) bond motifs is 3. The topological polar surface area (TPSA) is 65.1 Å². The first-order chi connectivity index (χ1) is 14.6. The average molecular weight is 434 g/mol. The Morgan fingerprint density at radius 2 is 1.80 bits per heavy atom. The molecule has 0 aliphatic rings. The van der Waals surface area contributed by atoms with Gasteiger partial charge in [0.25, 0.3) is 5.56 Å². The maximum atomic E-state index is 13.3. The van der Waals surface area contributed by atoms with Gasteiger partial charge in [0, 0.05) is 17.1 Å². The van der Waals surface area contributed by atoms with Crippen LogP contribution in [-0.4, -0.2) is 24.1 Å². The van der Waals surface area contributed by atoms with Crippen molar-refractivity contribution in [3.05, 3.63) is 81.0 Å². The molecule has 3 aromatic heterocycles. The van der Waals surface area contributed by atoms with Crippen LogP contribution in [0.4, 0.5) is 0 Å². The smallest absolute Gasteiger partial charge is 0.267 e. The molecule has 5 rings (SSSR count). The fourth-order valence-corrected chi connectivity index (χ4v) is 5.15. The predicted octanol–water partition coefficient (Wildman–Crippen LogP) is 4.91. The van der Waals surface area contributed by atoms with Gasteiger partial charge in [-0.25, -0.2) is 9.55 Å². The second-order valence-corrected chi connectivity index (χ2v) is 9.06. The normalized spacial score (nSPS) is 11.7. The van der Waals surface area contributed by atoms with Crippen LogP contribution >= 0.6 is 23.1 Å². The third kappa shape index (κ3) is 3.22. The lowest BCUT2D eigenvalue weighted by Gasteiger charge is -2.11. The van der Waals surface area contributed by atoms with Crippen LogP contribution in [0.3, 0.4) is 0 Å². The summed E-state index contributed by atoms with van der Waals surface area (Å²) in [4.78, 5) is 18.0. The number of thioether (sulfide) groups is 1. The molecular weight excluding hydrogens is 414 g/mol. The van der Waals surface area contributed by atoms with E-state index in [0.717, 1.165) is 27.1 Å². The van der Waals surface area contributed by atoms with E-state index in [1.54, 1.807) is 27.7 Å². The van der Waals surface area contributed by atoms with Crippen molar-refractivity contribution >= 4 is 39.8 Å². The summed E-state index contributed by atoms with van der Waals surface area (Å²) in [5, 5.41) is 13.4. The highest BCUT2D eigenvalue weighted by Gasteiger charge is 2.18. The summed E-state index contributed by atoms with van der Waals surface area (Å²) in [5.41, 5.74) is 2.50. The summed E-state index contributed by atoms with van der Waals surface area (Å²) >= 11 is 3.27. The minimum atomic E-state index is -0.102. The van der Waals surface area contributed by atoms with E-state index in [9.17, 15) is 4.79 Å². The van der Waals surface area contributed by atoms with E-state index >= 15 is 0 Å². The Balaban J connectivity index is 1.65. The second kappa shape index (κ2) is 7.70. The molecule has 30 heavy (non-hydrogen) atoms. The largest absolute Gasteiger partial charge is 0.268 e. The third-order valence-electron chi connectivity index (χ3n) is 4.82. The lowest BCUT2D eigenvalue weighted by Crippen LogP contribution is -2.21. The van der Waals surface area contributed by atoms with Gasteiger partial charge in [-0.05, 0) is 24.3 Å². The van der Waals surface area contributed by atoms with Crippen molar-refractivity contribution in [3.8, 4) is 5.69 Å². The van der Waals surface area contributed by atoms with Crippen molar-refractivity contribution < 1.29 is 0 Å². The van der Waals surface area contributed by atoms with E-state index in [-0.39, 0.29) is 5.56 Å². The zero-order valence-corrected chi connectivity index (χ0v) is 18.2. The quantitative estimate of drug-likeness (QED) is 0.369. The van der Waals surface area contributed by atoms with Crippen LogP contribution < -0.4 is 5.56 Å². The van der Waals surface area contributed by atoms with Crippen LogP contribution in [0.2, 0.25) is 0 Å². The molecule has 0 fully saturated rings. The van der Waals surface area contributed by atoms with Crippen molar-refractivity contribution in [2.24, 2.45) is 0 Å². The number of benzene rings is 2. The molecule has 0 radical (unpaired) electrons. The number of hydrogen-bond acceptors (Lipinski definition) is 6. The maximum absolute atomic E-state index is 13.3. The molecular formula is C22H19N5OS2. The molecule has 150 valence electrons. The molecule has 0 spiro atoms. The zero-order chi connectivity index (χ0) is 20.7. The molecule has 6 nitrogen and oxygen atoms in total. The molecule has 0 amide bonds. The fourth-order valence-electron chi connectivity index (χ4n) is 3.37. The lowest BCUT2D eigenvalue weighted by atomic mass is 10.2. The molecule has 2 aromatic carbocycles. The molecule has 0 aliphatic heterocycles. The number of para-hydroxylation sites is 2. The molecule has 0 aliphatic carbocycles. The number of hydrogen-bond donors (Lipinski definition) is 0. The summed E-state index contributed by atoms with van der Waals surface area (Å²) in [6, 6.07) is 17.1. The van der Waals surface area contributed by atoms with E-state index in [2.05, 4.69) is 29.4 Å². The molecule has 0 saturated heterocycles. The fraction of sp³-hybridized carbons (Fsp3) is 0.182. The molecule has 0 atom stereocenters. The summed E-state index contributed by atoms with van der Waals surface area (Å²) in [7, 11) is 0. The number of aromatic nitrogens is 5. The highest BCUT2D eigenvalue weighted by molar-refractivity contribution is 7.98. The van der Waals surface area contributed by atoms with Crippen molar-refractivity contribution in [2.75, 3.05) is 0 Å². The van der Waals surface area contributed by atoms with Crippen LogP contribution in [0, 0.1) is 0 Å². The van der Waals surface area contributed by atoms with Crippen LogP contribution in [0.15, 0.2) is 69.9 Å². The van der Waals surface area contributed by atoms with Crippen LogP contribution in [-0.2, 0) is 5.75 Å². The third-order valence-corrected chi connectivity index (χ3v) is 6.98. The van der Waals surface area contributed by atoms with Crippen LogP contribution in [0.5, 0.6) is 0 Å². The maximum Gasteiger partial charge on any atom is 0.267 e. The summed E-state index contributed by atoms with van der Waals surface area (Å²) < 4.78 is 3.59. The minimum absolute atomic E-state index is 0.102. The highest BCUT2D eigenvalue weighted by atomic mass is 32.2. The lowest BCUT2D eigenvalue weighted by molar-refractivity contribution is 0.846. The van der Waals surface area contributed by atoms with Gasteiger partial charge >= 0.3 is 0 Å². The van der Waals surface area contributed by atoms with Gasteiger partial charge in [0.05, 0.1) is 27.3 Å². The second-order valence-electron chi connectivity index (χ2n) is 7.23. The van der Waals surface area contributed by atoms with Crippen molar-refractivity contribution in [1.29, 1.82) is 0 Å². The van der Waals surface area contributed by atoms with Gasteiger partial charge < -0.3 is 0 Å². The summed E-state index contributed by atoms with van der Waals surface area (Å²) in [6.07, 6.45) is 0. The Kier molecular flexibility index (Phi) is 4.88. The first kappa shape index (κ1) is 19.0. The molecule has 0 unspecified atom stereocenters.